The fourth-order valence-electron chi connectivity index (χ4n) is 1.61. The van der Waals surface area contributed by atoms with Crippen LogP contribution >= 0.6 is 11.6 Å². The summed E-state index contributed by atoms with van der Waals surface area (Å²) in [7, 11) is 0. The van der Waals surface area contributed by atoms with Gasteiger partial charge < -0.3 is 9.47 Å². The minimum absolute atomic E-state index is 0.364. The zero-order valence-electron chi connectivity index (χ0n) is 10.4. The van der Waals surface area contributed by atoms with Gasteiger partial charge >= 0.3 is 0 Å². The van der Waals surface area contributed by atoms with E-state index in [2.05, 4.69) is 0 Å². The Bertz CT molecular complexity index is 564. The lowest BCUT2D eigenvalue weighted by molar-refractivity contribution is 0.112. The molecule has 0 spiro atoms. The number of halogens is 1. The van der Waals surface area contributed by atoms with Crippen LogP contribution in [0.1, 0.15) is 17.3 Å². The molecule has 0 heterocycles. The van der Waals surface area contributed by atoms with Gasteiger partial charge in [-0.25, -0.2) is 0 Å². The summed E-state index contributed by atoms with van der Waals surface area (Å²) in [4.78, 5) is 11.0. The van der Waals surface area contributed by atoms with Crippen LogP contribution in [0.25, 0.3) is 0 Å². The predicted octanol–water partition coefficient (Wildman–Crippen LogP) is 4.34. The molecule has 0 unspecified atom stereocenters. The first-order valence-electron chi connectivity index (χ1n) is 5.89. The highest BCUT2D eigenvalue weighted by atomic mass is 35.5. The molecule has 2 rings (SSSR count). The highest BCUT2D eigenvalue weighted by Crippen LogP contribution is 2.32. The Hall–Kier alpha value is -2.00. The van der Waals surface area contributed by atoms with E-state index >= 15 is 0 Å². The van der Waals surface area contributed by atoms with Gasteiger partial charge in [-0.15, -0.1) is 0 Å². The lowest BCUT2D eigenvalue weighted by atomic mass is 10.2. The monoisotopic (exact) mass is 276 g/mol. The van der Waals surface area contributed by atoms with Gasteiger partial charge in [0.1, 0.15) is 11.5 Å². The summed E-state index contributed by atoms with van der Waals surface area (Å²) in [6, 6.07) is 12.2. The molecule has 19 heavy (non-hydrogen) atoms. The summed E-state index contributed by atoms with van der Waals surface area (Å²) in [6.45, 7) is 2.53. The van der Waals surface area contributed by atoms with Gasteiger partial charge in [-0.3, -0.25) is 4.79 Å². The molecule has 0 N–H and O–H groups in total. The number of hydrogen-bond acceptors (Lipinski definition) is 3. The van der Waals surface area contributed by atoms with Crippen molar-refractivity contribution in [1.82, 2.24) is 0 Å². The molecule has 4 heteroatoms. The van der Waals surface area contributed by atoms with Crippen LogP contribution in [0.5, 0.6) is 17.2 Å². The minimum atomic E-state index is 0.364. The van der Waals surface area contributed by atoms with E-state index in [1.54, 1.807) is 42.5 Å². The summed E-state index contributed by atoms with van der Waals surface area (Å²) >= 11 is 6.03. The van der Waals surface area contributed by atoms with Gasteiger partial charge in [-0.1, -0.05) is 17.7 Å². The highest BCUT2D eigenvalue weighted by Gasteiger charge is 2.09. The number of ether oxygens (including phenoxy) is 2. The molecular weight excluding hydrogens is 264 g/mol. The minimum Gasteiger partial charge on any atom is -0.494 e. The lowest BCUT2D eigenvalue weighted by Gasteiger charge is -2.10. The van der Waals surface area contributed by atoms with Gasteiger partial charge in [-0.05, 0) is 43.3 Å². The number of aldehydes is 1. The molecular formula is C15H13ClO3. The number of para-hydroxylation sites is 1. The zero-order valence-corrected chi connectivity index (χ0v) is 11.2. The van der Waals surface area contributed by atoms with Crippen LogP contribution in [0.3, 0.4) is 0 Å². The largest absolute Gasteiger partial charge is 0.494 e. The van der Waals surface area contributed by atoms with Crippen molar-refractivity contribution in [3.05, 3.63) is 53.1 Å². The molecule has 0 bridgehead atoms. The zero-order chi connectivity index (χ0) is 13.7. The van der Waals surface area contributed by atoms with Crippen LogP contribution in [0, 0.1) is 0 Å². The quantitative estimate of drug-likeness (QED) is 0.762. The van der Waals surface area contributed by atoms with Crippen LogP contribution in [-0.2, 0) is 0 Å². The van der Waals surface area contributed by atoms with Crippen molar-refractivity contribution >= 4 is 17.9 Å². The summed E-state index contributed by atoms with van der Waals surface area (Å²) < 4.78 is 11.0. The molecule has 0 fully saturated rings. The van der Waals surface area contributed by atoms with Gasteiger partial charge in [0.05, 0.1) is 17.2 Å². The topological polar surface area (TPSA) is 35.5 Å². The predicted molar refractivity (Wildman–Crippen MR) is 74.5 cm³/mol. The van der Waals surface area contributed by atoms with Crippen molar-refractivity contribution in [2.24, 2.45) is 0 Å². The van der Waals surface area contributed by atoms with Crippen LogP contribution < -0.4 is 9.47 Å². The molecule has 0 saturated heterocycles. The van der Waals surface area contributed by atoms with Crippen LogP contribution in [0.4, 0.5) is 0 Å². The second kappa shape index (κ2) is 6.25. The molecule has 2 aromatic carbocycles. The maximum absolute atomic E-state index is 11.0. The van der Waals surface area contributed by atoms with Crippen LogP contribution in [-0.4, -0.2) is 12.9 Å². The van der Waals surface area contributed by atoms with Gasteiger partial charge in [0, 0.05) is 0 Å². The Kier molecular flexibility index (Phi) is 4.42. The summed E-state index contributed by atoms with van der Waals surface area (Å²) in [5.41, 5.74) is 0.418. The normalized spacial score (nSPS) is 10.0. The number of benzene rings is 2. The molecule has 2 aromatic rings. The lowest BCUT2D eigenvalue weighted by Crippen LogP contribution is -1.93. The molecule has 98 valence electrons. The van der Waals surface area contributed by atoms with Crippen molar-refractivity contribution in [2.45, 2.75) is 6.92 Å². The Morgan fingerprint density at radius 1 is 1.11 bits per heavy atom. The third kappa shape index (κ3) is 3.26. The summed E-state index contributed by atoms with van der Waals surface area (Å²) in [5, 5.41) is 0.401. The Morgan fingerprint density at radius 3 is 2.42 bits per heavy atom. The molecule has 0 amide bonds. The van der Waals surface area contributed by atoms with Crippen molar-refractivity contribution in [3.8, 4) is 17.2 Å². The van der Waals surface area contributed by atoms with Crippen molar-refractivity contribution < 1.29 is 14.3 Å². The molecule has 0 radical (unpaired) electrons. The maximum atomic E-state index is 11.0. The van der Waals surface area contributed by atoms with E-state index in [-0.39, 0.29) is 0 Å². The van der Waals surface area contributed by atoms with E-state index < -0.39 is 0 Å². The van der Waals surface area contributed by atoms with E-state index in [1.165, 1.54) is 0 Å². The molecule has 0 saturated carbocycles. The van der Waals surface area contributed by atoms with E-state index in [1.807, 2.05) is 6.92 Å². The fourth-order valence-corrected chi connectivity index (χ4v) is 1.83. The molecule has 0 atom stereocenters. The SMILES string of the molecule is CCOc1ccc(Oc2c(Cl)cccc2C=O)cc1. The highest BCUT2D eigenvalue weighted by molar-refractivity contribution is 6.32. The number of hydrogen-bond donors (Lipinski definition) is 0. The number of carbonyl (C=O) groups is 1. The molecule has 3 nitrogen and oxygen atoms in total. The fraction of sp³-hybridized carbons (Fsp3) is 0.133. The van der Waals surface area contributed by atoms with E-state index in [4.69, 9.17) is 21.1 Å². The Morgan fingerprint density at radius 2 is 1.79 bits per heavy atom. The van der Waals surface area contributed by atoms with Crippen LogP contribution in [0.2, 0.25) is 5.02 Å². The van der Waals surface area contributed by atoms with E-state index in [0.717, 1.165) is 12.0 Å². The van der Waals surface area contributed by atoms with Crippen molar-refractivity contribution in [1.29, 1.82) is 0 Å². The third-order valence-electron chi connectivity index (χ3n) is 2.48. The second-order valence-corrected chi connectivity index (χ2v) is 4.19. The third-order valence-corrected chi connectivity index (χ3v) is 2.78. The molecule has 0 aliphatic heterocycles. The first kappa shape index (κ1) is 13.4. The van der Waals surface area contributed by atoms with Gasteiger partial charge in [0.2, 0.25) is 0 Å². The van der Waals surface area contributed by atoms with Gasteiger partial charge in [-0.2, -0.15) is 0 Å². The first-order chi connectivity index (χ1) is 9.24. The standard InChI is InChI=1S/C15H13ClO3/c1-2-18-12-6-8-13(9-7-12)19-15-11(10-17)4-3-5-14(15)16/h3-10H,2H2,1H3. The molecule has 0 aromatic heterocycles. The average Bonchev–Trinajstić information content (AvgIpc) is 2.43. The average molecular weight is 277 g/mol. The maximum Gasteiger partial charge on any atom is 0.156 e. The summed E-state index contributed by atoms with van der Waals surface area (Å²) in [5.74, 6) is 1.73. The van der Waals surface area contributed by atoms with E-state index in [9.17, 15) is 4.79 Å². The van der Waals surface area contributed by atoms with Gasteiger partial charge in [0.25, 0.3) is 0 Å². The van der Waals surface area contributed by atoms with Crippen molar-refractivity contribution in [3.63, 3.8) is 0 Å². The number of rotatable bonds is 5. The molecule has 0 aliphatic rings. The smallest absolute Gasteiger partial charge is 0.156 e. The Labute approximate surface area is 116 Å². The second-order valence-electron chi connectivity index (χ2n) is 3.78. The van der Waals surface area contributed by atoms with Crippen molar-refractivity contribution in [2.75, 3.05) is 6.61 Å². The van der Waals surface area contributed by atoms with Crippen LogP contribution in [0.15, 0.2) is 42.5 Å². The Balaban J connectivity index is 2.23. The van der Waals surface area contributed by atoms with E-state index in [0.29, 0.717) is 28.7 Å². The number of carbonyl (C=O) groups excluding carboxylic acids is 1. The first-order valence-corrected chi connectivity index (χ1v) is 6.26. The van der Waals surface area contributed by atoms with Gasteiger partial charge in [0.15, 0.2) is 12.0 Å². The molecule has 0 aliphatic carbocycles. The summed E-state index contributed by atoms with van der Waals surface area (Å²) in [6.07, 6.45) is 0.718.